The van der Waals surface area contributed by atoms with Crippen LogP contribution in [-0.4, -0.2) is 83.6 Å². The Bertz CT molecular complexity index is 1240. The van der Waals surface area contributed by atoms with E-state index < -0.39 is 24.5 Å². The second kappa shape index (κ2) is 10.6. The van der Waals surface area contributed by atoms with Gasteiger partial charge in [-0.3, -0.25) is 14.7 Å². The Morgan fingerprint density at radius 2 is 2.14 bits per heavy atom. The van der Waals surface area contributed by atoms with Crippen molar-refractivity contribution >= 4 is 34.4 Å². The molecular weight excluding hydrogens is 488 g/mol. The molecular formula is C22H28N8O5S. The number of aliphatic hydroxyl groups excluding tert-OH is 2. The minimum Gasteiger partial charge on any atom is -0.387 e. The minimum atomic E-state index is -1.12. The lowest BCUT2D eigenvalue weighted by Crippen LogP contribution is -2.43. The van der Waals surface area contributed by atoms with Gasteiger partial charge in [-0.25, -0.2) is 15.0 Å². The van der Waals surface area contributed by atoms with Gasteiger partial charge in [0.15, 0.2) is 17.7 Å². The van der Waals surface area contributed by atoms with Gasteiger partial charge in [0.1, 0.15) is 24.1 Å². The molecule has 2 aliphatic heterocycles. The molecule has 4 heterocycles. The second-order valence-corrected chi connectivity index (χ2v) is 10.1. The summed E-state index contributed by atoms with van der Waals surface area (Å²) in [6.45, 7) is 2.16. The van der Waals surface area contributed by atoms with Crippen LogP contribution in [0.1, 0.15) is 17.4 Å². The Morgan fingerprint density at radius 1 is 1.28 bits per heavy atom. The van der Waals surface area contributed by atoms with E-state index in [4.69, 9.17) is 10.5 Å². The number of rotatable bonds is 9. The normalized spacial score (nSPS) is 25.8. The summed E-state index contributed by atoms with van der Waals surface area (Å²) in [4.78, 5) is 22.9. The first-order chi connectivity index (χ1) is 17.4. The first-order valence-corrected chi connectivity index (χ1v) is 12.8. The van der Waals surface area contributed by atoms with E-state index in [0.29, 0.717) is 23.5 Å². The number of nitrogens with one attached hydrogen (secondary N) is 2. The average molecular weight is 517 g/mol. The summed E-state index contributed by atoms with van der Waals surface area (Å²) in [6, 6.07) is 5.30. The SMILES string of the molecule is Nc1ncnc2c1ncn2[C@@H]1O[C@H](CSCCNCC2Cc3ccc([N+](=O)[O-])cc3CN2)[C@@H](O)[C@H]1O. The van der Waals surface area contributed by atoms with Crippen molar-refractivity contribution in [2.24, 2.45) is 0 Å². The number of non-ortho nitro benzene ring substituents is 1. The highest BCUT2D eigenvalue weighted by Crippen LogP contribution is 2.33. The van der Waals surface area contributed by atoms with E-state index in [1.54, 1.807) is 28.5 Å². The van der Waals surface area contributed by atoms with Crippen molar-refractivity contribution in [3.8, 4) is 0 Å². The molecule has 0 bridgehead atoms. The molecule has 0 spiro atoms. The van der Waals surface area contributed by atoms with Crippen LogP contribution in [-0.2, 0) is 17.7 Å². The number of aliphatic hydroxyl groups is 2. The average Bonchev–Trinajstić information content (AvgIpc) is 3.43. The Hall–Kier alpha value is -2.88. The van der Waals surface area contributed by atoms with Crippen molar-refractivity contribution in [2.75, 3.05) is 30.3 Å². The van der Waals surface area contributed by atoms with Crippen molar-refractivity contribution in [3.05, 3.63) is 52.1 Å². The molecule has 192 valence electrons. The van der Waals surface area contributed by atoms with Crippen molar-refractivity contribution < 1.29 is 19.9 Å². The molecule has 36 heavy (non-hydrogen) atoms. The Labute approximate surface area is 210 Å². The summed E-state index contributed by atoms with van der Waals surface area (Å²) in [5, 5.41) is 38.9. The molecule has 0 saturated carbocycles. The van der Waals surface area contributed by atoms with Gasteiger partial charge >= 0.3 is 0 Å². The Morgan fingerprint density at radius 3 is 2.97 bits per heavy atom. The maximum atomic E-state index is 11.0. The first kappa shape index (κ1) is 24.8. The molecule has 1 aromatic carbocycles. The highest BCUT2D eigenvalue weighted by atomic mass is 32.2. The summed E-state index contributed by atoms with van der Waals surface area (Å²) < 4.78 is 7.54. The van der Waals surface area contributed by atoms with Crippen LogP contribution in [0.25, 0.3) is 11.2 Å². The summed E-state index contributed by atoms with van der Waals surface area (Å²) in [5.41, 5.74) is 8.93. The Balaban J connectivity index is 1.05. The minimum absolute atomic E-state index is 0.122. The third-order valence-electron chi connectivity index (χ3n) is 6.54. The quantitative estimate of drug-likeness (QED) is 0.145. The maximum absolute atomic E-state index is 11.0. The maximum Gasteiger partial charge on any atom is 0.269 e. The van der Waals surface area contributed by atoms with Crippen LogP contribution in [0.2, 0.25) is 0 Å². The summed E-state index contributed by atoms with van der Waals surface area (Å²) in [7, 11) is 0. The number of hydrogen-bond donors (Lipinski definition) is 5. The zero-order valence-electron chi connectivity index (χ0n) is 19.4. The van der Waals surface area contributed by atoms with Crippen molar-refractivity contribution in [1.29, 1.82) is 0 Å². The zero-order chi connectivity index (χ0) is 25.2. The topological polar surface area (TPSA) is 187 Å². The molecule has 2 aliphatic rings. The number of fused-ring (bicyclic) bond motifs is 2. The number of ether oxygens (including phenoxy) is 1. The van der Waals surface area contributed by atoms with Gasteiger partial charge in [0.25, 0.3) is 5.69 Å². The monoisotopic (exact) mass is 516 g/mol. The van der Waals surface area contributed by atoms with Crippen LogP contribution in [0, 0.1) is 10.1 Å². The van der Waals surface area contributed by atoms with E-state index in [1.165, 1.54) is 12.7 Å². The number of nitro groups is 1. The van der Waals surface area contributed by atoms with Crippen LogP contribution in [0.15, 0.2) is 30.9 Å². The third-order valence-corrected chi connectivity index (χ3v) is 7.60. The van der Waals surface area contributed by atoms with Crippen LogP contribution in [0.3, 0.4) is 0 Å². The molecule has 6 N–H and O–H groups in total. The number of nitrogen functional groups attached to an aromatic ring is 1. The van der Waals surface area contributed by atoms with Crippen LogP contribution < -0.4 is 16.4 Å². The molecule has 3 aromatic rings. The van der Waals surface area contributed by atoms with E-state index in [1.807, 2.05) is 6.07 Å². The lowest BCUT2D eigenvalue weighted by atomic mass is 9.95. The number of imidazole rings is 1. The van der Waals surface area contributed by atoms with Gasteiger partial charge in [0.2, 0.25) is 0 Å². The van der Waals surface area contributed by atoms with Crippen molar-refractivity contribution in [3.63, 3.8) is 0 Å². The fraction of sp³-hybridized carbons (Fsp3) is 0.500. The molecule has 0 radical (unpaired) electrons. The van der Waals surface area contributed by atoms with Crippen LogP contribution >= 0.6 is 11.8 Å². The summed E-state index contributed by atoms with van der Waals surface area (Å²) in [5.74, 6) is 1.57. The number of thioether (sulfide) groups is 1. The van der Waals surface area contributed by atoms with Gasteiger partial charge in [0.05, 0.1) is 17.4 Å². The van der Waals surface area contributed by atoms with E-state index in [0.717, 1.165) is 36.4 Å². The first-order valence-electron chi connectivity index (χ1n) is 11.6. The molecule has 5 rings (SSSR count). The second-order valence-electron chi connectivity index (χ2n) is 8.90. The van der Waals surface area contributed by atoms with Crippen LogP contribution in [0.5, 0.6) is 0 Å². The standard InChI is InChI=1S/C22H28N8O5S/c23-20-17-21(27-10-26-20)29(11-28-17)22-19(32)18(31)16(35-22)9-36-4-3-24-8-14-5-12-1-2-15(30(33)34)6-13(12)7-25-14/h1-2,6,10-11,14,16,18-19,22,24-25,31-32H,3-5,7-9H2,(H2,23,26,27)/t14?,16-,18-,19-,22-/m1/s1. The van der Waals surface area contributed by atoms with Gasteiger partial charge < -0.3 is 31.3 Å². The number of aromatic nitrogens is 4. The number of hydrogen-bond acceptors (Lipinski definition) is 12. The predicted molar refractivity (Wildman–Crippen MR) is 133 cm³/mol. The van der Waals surface area contributed by atoms with Crippen molar-refractivity contribution in [1.82, 2.24) is 30.2 Å². The molecule has 13 nitrogen and oxygen atoms in total. The fourth-order valence-corrected chi connectivity index (χ4v) is 5.56. The van der Waals surface area contributed by atoms with E-state index in [2.05, 4.69) is 25.6 Å². The number of anilines is 1. The molecule has 5 atom stereocenters. The van der Waals surface area contributed by atoms with Crippen LogP contribution in [0.4, 0.5) is 11.5 Å². The smallest absolute Gasteiger partial charge is 0.269 e. The lowest BCUT2D eigenvalue weighted by molar-refractivity contribution is -0.384. The van der Waals surface area contributed by atoms with Crippen molar-refractivity contribution in [2.45, 2.75) is 43.5 Å². The van der Waals surface area contributed by atoms with Gasteiger partial charge in [0, 0.05) is 49.3 Å². The molecule has 0 amide bonds. The molecule has 14 heteroatoms. The lowest BCUT2D eigenvalue weighted by Gasteiger charge is -2.26. The van der Waals surface area contributed by atoms with E-state index >= 15 is 0 Å². The largest absolute Gasteiger partial charge is 0.387 e. The molecule has 2 aromatic heterocycles. The number of nitrogens with zero attached hydrogens (tertiary/aromatic N) is 5. The third kappa shape index (κ3) is 5.00. The highest BCUT2D eigenvalue weighted by molar-refractivity contribution is 7.99. The highest BCUT2D eigenvalue weighted by Gasteiger charge is 2.44. The van der Waals surface area contributed by atoms with Gasteiger partial charge in [-0.2, -0.15) is 11.8 Å². The van der Waals surface area contributed by atoms with Gasteiger partial charge in [-0.05, 0) is 17.5 Å². The summed E-state index contributed by atoms with van der Waals surface area (Å²) >= 11 is 1.63. The molecule has 1 fully saturated rings. The number of nitrogens with two attached hydrogens (primary N) is 1. The molecule has 1 unspecified atom stereocenters. The van der Waals surface area contributed by atoms with E-state index in [-0.39, 0.29) is 22.5 Å². The van der Waals surface area contributed by atoms with Gasteiger partial charge in [-0.15, -0.1) is 0 Å². The number of benzene rings is 1. The number of nitro benzene ring substituents is 1. The summed E-state index contributed by atoms with van der Waals surface area (Å²) in [6.07, 6.45) is 0.111. The molecule has 0 aliphatic carbocycles. The Kier molecular flexibility index (Phi) is 7.32. The van der Waals surface area contributed by atoms with Gasteiger partial charge in [-0.1, -0.05) is 6.07 Å². The predicted octanol–water partition coefficient (Wildman–Crippen LogP) is -0.0268. The zero-order valence-corrected chi connectivity index (χ0v) is 20.2. The fourth-order valence-electron chi connectivity index (χ4n) is 4.60. The van der Waals surface area contributed by atoms with E-state index in [9.17, 15) is 20.3 Å². The molecule has 1 saturated heterocycles.